The highest BCUT2D eigenvalue weighted by Crippen LogP contribution is 2.21. The molecule has 2 aromatic carbocycles. The van der Waals surface area contributed by atoms with E-state index in [2.05, 4.69) is 39.9 Å². The smallest absolute Gasteiger partial charge is 0.227 e. The maximum Gasteiger partial charge on any atom is 0.227 e. The molecule has 2 heterocycles. The number of nitrogens with zero attached hydrogens (tertiary/aromatic N) is 2. The van der Waals surface area contributed by atoms with Crippen molar-refractivity contribution in [2.75, 3.05) is 25.0 Å². The van der Waals surface area contributed by atoms with Crippen LogP contribution in [0.3, 0.4) is 0 Å². The van der Waals surface area contributed by atoms with Crippen LogP contribution in [-0.2, 0) is 17.8 Å². The van der Waals surface area contributed by atoms with Gasteiger partial charge < -0.3 is 20.0 Å². The maximum atomic E-state index is 11.9. The summed E-state index contributed by atoms with van der Waals surface area (Å²) in [5, 5.41) is 7.77. The number of aliphatic imine (C=N–C) groups is 1. The minimum atomic E-state index is 0.213. The van der Waals surface area contributed by atoms with E-state index in [1.165, 1.54) is 0 Å². The number of benzene rings is 2. The Kier molecular flexibility index (Phi) is 5.79. The van der Waals surface area contributed by atoms with Crippen LogP contribution < -0.4 is 15.5 Å². The van der Waals surface area contributed by atoms with Crippen molar-refractivity contribution in [3.63, 3.8) is 0 Å². The van der Waals surface area contributed by atoms with Gasteiger partial charge in [0.05, 0.1) is 0 Å². The van der Waals surface area contributed by atoms with Crippen LogP contribution >= 0.6 is 0 Å². The van der Waals surface area contributed by atoms with Gasteiger partial charge in [-0.2, -0.15) is 0 Å². The van der Waals surface area contributed by atoms with Crippen LogP contribution in [0.5, 0.6) is 0 Å². The third-order valence-electron chi connectivity index (χ3n) is 5.15. The minimum absolute atomic E-state index is 0.213. The molecule has 1 aliphatic heterocycles. The number of para-hydroxylation sites is 1. The summed E-state index contributed by atoms with van der Waals surface area (Å²) in [6.07, 6.45) is 2.38. The second-order valence-electron chi connectivity index (χ2n) is 7.17. The number of rotatable bonds is 6. The zero-order valence-corrected chi connectivity index (χ0v) is 16.6. The van der Waals surface area contributed by atoms with Gasteiger partial charge in [0.2, 0.25) is 5.91 Å². The van der Waals surface area contributed by atoms with Crippen molar-refractivity contribution in [3.05, 3.63) is 65.9 Å². The van der Waals surface area contributed by atoms with E-state index in [0.29, 0.717) is 13.0 Å². The molecule has 0 bridgehead atoms. The summed E-state index contributed by atoms with van der Waals surface area (Å²) in [5.41, 5.74) is 3.04. The summed E-state index contributed by atoms with van der Waals surface area (Å²) in [6, 6.07) is 18.2. The molecule has 0 aliphatic carbocycles. The van der Waals surface area contributed by atoms with Crippen molar-refractivity contribution < 1.29 is 9.21 Å². The molecular weight excluding hydrogens is 364 g/mol. The molecule has 150 valence electrons. The summed E-state index contributed by atoms with van der Waals surface area (Å²) in [6.45, 7) is 2.21. The molecule has 4 rings (SSSR count). The lowest BCUT2D eigenvalue weighted by molar-refractivity contribution is -0.117. The Morgan fingerprint density at radius 1 is 1.14 bits per heavy atom. The fraction of sp³-hybridized carbons (Fsp3) is 0.304. The number of hydrogen-bond acceptors (Lipinski definition) is 3. The highest BCUT2D eigenvalue weighted by Gasteiger charge is 2.21. The van der Waals surface area contributed by atoms with Gasteiger partial charge in [-0.1, -0.05) is 30.3 Å². The van der Waals surface area contributed by atoms with Crippen LogP contribution in [-0.4, -0.2) is 32.0 Å². The van der Waals surface area contributed by atoms with E-state index >= 15 is 0 Å². The molecule has 1 fully saturated rings. The van der Waals surface area contributed by atoms with Crippen molar-refractivity contribution in [3.8, 4) is 0 Å². The standard InChI is InChI=1S/C23H26N4O2/c1-24-23(25-13-12-20-15-18-5-2-3-6-21(18)29-20)26-16-17-8-10-19(11-9-17)27-14-4-7-22(27)28/h2-3,5-6,8-11,15H,4,7,12-14,16H2,1H3,(H2,24,25,26). The van der Waals surface area contributed by atoms with E-state index in [4.69, 9.17) is 4.42 Å². The first-order valence-electron chi connectivity index (χ1n) is 10.0. The summed E-state index contributed by atoms with van der Waals surface area (Å²) >= 11 is 0. The fourth-order valence-electron chi connectivity index (χ4n) is 3.59. The Morgan fingerprint density at radius 3 is 2.69 bits per heavy atom. The van der Waals surface area contributed by atoms with Gasteiger partial charge in [-0.15, -0.1) is 0 Å². The van der Waals surface area contributed by atoms with Crippen LogP contribution in [0.1, 0.15) is 24.2 Å². The van der Waals surface area contributed by atoms with Crippen LogP contribution in [0, 0.1) is 0 Å². The molecule has 3 aromatic rings. The first kappa shape index (κ1) is 19.1. The number of furan rings is 1. The lowest BCUT2D eigenvalue weighted by Gasteiger charge is -2.16. The Bertz CT molecular complexity index is 974. The molecule has 6 nitrogen and oxygen atoms in total. The number of guanidine groups is 1. The van der Waals surface area contributed by atoms with Gasteiger partial charge in [0.1, 0.15) is 11.3 Å². The van der Waals surface area contributed by atoms with E-state index in [0.717, 1.165) is 59.9 Å². The predicted octanol–water partition coefficient (Wildman–Crippen LogP) is 3.47. The second-order valence-corrected chi connectivity index (χ2v) is 7.17. The molecule has 0 unspecified atom stereocenters. The quantitative estimate of drug-likeness (QED) is 0.500. The van der Waals surface area contributed by atoms with Crippen molar-refractivity contribution in [1.82, 2.24) is 10.6 Å². The molecule has 2 N–H and O–H groups in total. The van der Waals surface area contributed by atoms with Gasteiger partial charge in [0, 0.05) is 50.6 Å². The molecule has 1 saturated heterocycles. The lowest BCUT2D eigenvalue weighted by atomic mass is 10.2. The van der Waals surface area contributed by atoms with Gasteiger partial charge in [0.15, 0.2) is 5.96 Å². The summed E-state index contributed by atoms with van der Waals surface area (Å²) < 4.78 is 5.85. The molecule has 6 heteroatoms. The van der Waals surface area contributed by atoms with Crippen molar-refractivity contribution in [2.24, 2.45) is 4.99 Å². The van der Waals surface area contributed by atoms with Crippen LogP contribution in [0.25, 0.3) is 11.0 Å². The molecule has 0 radical (unpaired) electrons. The SMILES string of the molecule is CN=C(NCCc1cc2ccccc2o1)NCc1ccc(N2CCCC2=O)cc1. The first-order valence-corrected chi connectivity index (χ1v) is 10.0. The first-order chi connectivity index (χ1) is 14.2. The monoisotopic (exact) mass is 390 g/mol. The fourth-order valence-corrected chi connectivity index (χ4v) is 3.59. The number of amides is 1. The Hall–Kier alpha value is -3.28. The zero-order valence-electron chi connectivity index (χ0n) is 16.6. The molecule has 1 aromatic heterocycles. The predicted molar refractivity (Wildman–Crippen MR) is 116 cm³/mol. The molecule has 29 heavy (non-hydrogen) atoms. The van der Waals surface area contributed by atoms with E-state index in [-0.39, 0.29) is 5.91 Å². The normalized spacial score (nSPS) is 14.6. The maximum absolute atomic E-state index is 11.9. The molecule has 1 aliphatic rings. The van der Waals surface area contributed by atoms with Gasteiger partial charge in [-0.05, 0) is 36.2 Å². The number of hydrogen-bond donors (Lipinski definition) is 2. The van der Waals surface area contributed by atoms with Crippen molar-refractivity contribution >= 4 is 28.5 Å². The topological polar surface area (TPSA) is 69.9 Å². The number of anilines is 1. The molecule has 0 atom stereocenters. The van der Waals surface area contributed by atoms with Gasteiger partial charge in [0.25, 0.3) is 0 Å². The Morgan fingerprint density at radius 2 is 1.97 bits per heavy atom. The highest BCUT2D eigenvalue weighted by atomic mass is 16.3. The zero-order chi connectivity index (χ0) is 20.1. The third kappa shape index (κ3) is 4.59. The number of nitrogens with one attached hydrogen (secondary N) is 2. The third-order valence-corrected chi connectivity index (χ3v) is 5.15. The van der Waals surface area contributed by atoms with E-state index < -0.39 is 0 Å². The van der Waals surface area contributed by atoms with Gasteiger partial charge in [-0.3, -0.25) is 9.79 Å². The number of carbonyl (C=O) groups is 1. The average molecular weight is 390 g/mol. The van der Waals surface area contributed by atoms with E-state index in [9.17, 15) is 4.79 Å². The number of fused-ring (bicyclic) bond motifs is 1. The molecule has 0 spiro atoms. The van der Waals surface area contributed by atoms with Gasteiger partial charge in [-0.25, -0.2) is 0 Å². The number of carbonyl (C=O) groups excluding carboxylic acids is 1. The summed E-state index contributed by atoms with van der Waals surface area (Å²) in [7, 11) is 1.76. The summed E-state index contributed by atoms with van der Waals surface area (Å²) in [4.78, 5) is 18.0. The Labute approximate surface area is 170 Å². The minimum Gasteiger partial charge on any atom is -0.461 e. The molecule has 1 amide bonds. The average Bonchev–Trinajstić information content (AvgIpc) is 3.36. The molecular formula is C23H26N4O2. The Balaban J connectivity index is 1.25. The van der Waals surface area contributed by atoms with Crippen LogP contribution in [0.2, 0.25) is 0 Å². The molecule has 0 saturated carbocycles. The van der Waals surface area contributed by atoms with E-state index in [1.807, 2.05) is 35.2 Å². The summed E-state index contributed by atoms with van der Waals surface area (Å²) in [5.74, 6) is 1.92. The van der Waals surface area contributed by atoms with Crippen LogP contribution in [0.4, 0.5) is 5.69 Å². The van der Waals surface area contributed by atoms with Crippen LogP contribution in [0.15, 0.2) is 64.0 Å². The highest BCUT2D eigenvalue weighted by molar-refractivity contribution is 5.95. The second kappa shape index (κ2) is 8.82. The van der Waals surface area contributed by atoms with Crippen molar-refractivity contribution in [1.29, 1.82) is 0 Å². The largest absolute Gasteiger partial charge is 0.461 e. The van der Waals surface area contributed by atoms with Crippen molar-refractivity contribution in [2.45, 2.75) is 25.8 Å². The van der Waals surface area contributed by atoms with Gasteiger partial charge >= 0.3 is 0 Å². The van der Waals surface area contributed by atoms with E-state index in [1.54, 1.807) is 7.05 Å². The lowest BCUT2D eigenvalue weighted by Crippen LogP contribution is -2.37.